The van der Waals surface area contributed by atoms with Gasteiger partial charge in [-0.05, 0) is 25.7 Å². The number of hydrogen-bond donors (Lipinski definition) is 1. The monoisotopic (exact) mass is 1110 g/mol. The van der Waals surface area contributed by atoms with Crippen LogP contribution in [0.5, 0.6) is 5.75 Å². The number of rotatable bonds is 8. The number of aromatic hydroxyl groups is 1. The number of hydrogen-bond acceptors (Lipinski definition) is 4. The van der Waals surface area contributed by atoms with E-state index in [1.54, 1.807) is 0 Å². The molecule has 0 saturated heterocycles. The SMILES string of the molecule is Cc1cc(C)c(O)c(-c2nc3c(-c4[c-]c(-c5nnc(C)c6c5[se]c5cc(CC(C)C)ccc56)cc(C(C)(C)C)c4)ccc4c3n2-c2ccccc2B4c2c(C(C)C)cccc2C(C)C)c1.[Pt]. The van der Waals surface area contributed by atoms with E-state index in [1.807, 2.05) is 13.0 Å². The molecule has 1 aliphatic heterocycles. The van der Waals surface area contributed by atoms with E-state index in [4.69, 9.17) is 15.2 Å². The van der Waals surface area contributed by atoms with Gasteiger partial charge in [0.2, 0.25) is 0 Å². The van der Waals surface area contributed by atoms with Crippen molar-refractivity contribution in [1.29, 1.82) is 0 Å². The van der Waals surface area contributed by atoms with E-state index < -0.39 is 0 Å². The molecule has 1 aliphatic rings. The smallest absolute Gasteiger partial charge is 0 e. The Labute approximate surface area is 411 Å². The van der Waals surface area contributed by atoms with Gasteiger partial charge in [-0.3, -0.25) is 0 Å². The van der Waals surface area contributed by atoms with Gasteiger partial charge in [0.1, 0.15) is 0 Å². The number of phenolic OH excluding ortho intramolecular Hbond substituents is 1. The van der Waals surface area contributed by atoms with E-state index in [0.29, 0.717) is 17.8 Å². The molecule has 0 saturated carbocycles. The Kier molecular flexibility index (Phi) is 12.0. The molecule has 5 nitrogen and oxygen atoms in total. The summed E-state index contributed by atoms with van der Waals surface area (Å²) in [6, 6.07) is 40.1. The predicted molar refractivity (Wildman–Crippen MR) is 276 cm³/mol. The molecule has 336 valence electrons. The van der Waals surface area contributed by atoms with E-state index in [0.717, 1.165) is 73.7 Å². The van der Waals surface area contributed by atoms with E-state index in [9.17, 15) is 5.11 Å². The number of nitrogens with zero attached hydrogens (tertiary/aromatic N) is 4. The molecule has 66 heavy (non-hydrogen) atoms. The minimum Gasteiger partial charge on any atom is 0 e. The summed E-state index contributed by atoms with van der Waals surface area (Å²) in [7, 11) is 0. The molecule has 0 atom stereocenters. The normalized spacial score (nSPS) is 12.6. The van der Waals surface area contributed by atoms with Crippen molar-refractivity contribution in [2.75, 3.05) is 0 Å². The summed E-state index contributed by atoms with van der Waals surface area (Å²) < 4.78 is 5.03. The van der Waals surface area contributed by atoms with Crippen LogP contribution in [0.25, 0.3) is 69.8 Å². The van der Waals surface area contributed by atoms with Crippen molar-refractivity contribution in [1.82, 2.24) is 19.7 Å². The van der Waals surface area contributed by atoms with Crippen LogP contribution in [0.2, 0.25) is 0 Å². The summed E-state index contributed by atoms with van der Waals surface area (Å²) >= 11 is 0.0660. The van der Waals surface area contributed by atoms with Gasteiger partial charge in [-0.2, -0.15) is 0 Å². The van der Waals surface area contributed by atoms with E-state index >= 15 is 0 Å². The van der Waals surface area contributed by atoms with E-state index in [1.165, 1.54) is 57.9 Å². The van der Waals surface area contributed by atoms with Gasteiger partial charge >= 0.3 is 309 Å². The molecule has 1 N–H and O–H groups in total. The summed E-state index contributed by atoms with van der Waals surface area (Å²) in [4.78, 5) is 5.69. The average molecular weight is 1110 g/mol. The Morgan fingerprint density at radius 3 is 2.17 bits per heavy atom. The summed E-state index contributed by atoms with van der Waals surface area (Å²) in [6.45, 7) is 26.8. The number of aryl methyl sites for hydroxylation is 3. The van der Waals surface area contributed by atoms with Crippen molar-refractivity contribution in [2.45, 2.75) is 107 Å². The number of benzene rings is 6. The topological polar surface area (TPSA) is 63.8 Å². The molecule has 6 aromatic carbocycles. The largest absolute Gasteiger partial charge is 0 e. The van der Waals surface area contributed by atoms with Crippen molar-refractivity contribution in [3.05, 3.63) is 142 Å². The van der Waals surface area contributed by atoms with Crippen molar-refractivity contribution < 1.29 is 26.2 Å². The minimum atomic E-state index is -0.169. The van der Waals surface area contributed by atoms with Crippen molar-refractivity contribution >= 4 is 67.9 Å². The molecular formula is C58H58BN4OPtSe-. The molecule has 0 amide bonds. The van der Waals surface area contributed by atoms with Crippen LogP contribution in [-0.2, 0) is 32.9 Å². The number of imidazole rings is 1. The zero-order chi connectivity index (χ0) is 45.8. The molecule has 8 heteroatoms. The van der Waals surface area contributed by atoms with Gasteiger partial charge in [-0.25, -0.2) is 0 Å². The predicted octanol–water partition coefficient (Wildman–Crippen LogP) is 12.2. The fourth-order valence-electron chi connectivity index (χ4n) is 10.5. The van der Waals surface area contributed by atoms with Crippen molar-refractivity contribution in [2.24, 2.45) is 5.92 Å². The Bertz CT molecular complexity index is 3360. The summed E-state index contributed by atoms with van der Waals surface area (Å²) in [5, 5.41) is 24.3. The second-order valence-corrected chi connectivity index (χ2v) is 22.8. The molecule has 0 bridgehead atoms. The number of fused-ring (bicyclic) bond motifs is 5. The molecule has 0 fully saturated rings. The fourth-order valence-corrected chi connectivity index (χ4v) is 13.3. The Hall–Kier alpha value is -5.06. The van der Waals surface area contributed by atoms with E-state index in [-0.39, 0.29) is 53.4 Å². The number of phenols is 1. The first-order valence-electron chi connectivity index (χ1n) is 23.3. The third-order valence-corrected chi connectivity index (χ3v) is 16.0. The molecule has 0 spiro atoms. The summed E-state index contributed by atoms with van der Waals surface area (Å²) in [5.74, 6) is 2.24. The Morgan fingerprint density at radius 2 is 1.47 bits per heavy atom. The van der Waals surface area contributed by atoms with Gasteiger partial charge in [0.25, 0.3) is 0 Å². The third kappa shape index (κ3) is 7.64. The van der Waals surface area contributed by atoms with Crippen LogP contribution < -0.4 is 16.4 Å². The van der Waals surface area contributed by atoms with Crippen LogP contribution in [-0.4, -0.2) is 46.1 Å². The minimum absolute atomic E-state index is 0. The van der Waals surface area contributed by atoms with Crippen LogP contribution >= 0.6 is 0 Å². The maximum absolute atomic E-state index is 11.9. The molecule has 9 aromatic rings. The second-order valence-electron chi connectivity index (χ2n) is 20.6. The first-order valence-corrected chi connectivity index (χ1v) is 25.1. The maximum Gasteiger partial charge on any atom is 0 e. The van der Waals surface area contributed by atoms with Crippen molar-refractivity contribution in [3.63, 3.8) is 0 Å². The van der Waals surface area contributed by atoms with Gasteiger partial charge in [0.05, 0.1) is 0 Å². The van der Waals surface area contributed by atoms with Gasteiger partial charge in [0, 0.05) is 21.1 Å². The number of para-hydroxylation sites is 1. The van der Waals surface area contributed by atoms with Gasteiger partial charge in [0.15, 0.2) is 0 Å². The van der Waals surface area contributed by atoms with Gasteiger partial charge < -0.3 is 0 Å². The van der Waals surface area contributed by atoms with Gasteiger partial charge in [-0.1, -0.05) is 58.0 Å². The van der Waals surface area contributed by atoms with Gasteiger partial charge in [-0.15, -0.1) is 0 Å². The zero-order valence-corrected chi connectivity index (χ0v) is 44.2. The molecule has 0 aliphatic carbocycles. The Balaban J connectivity index is 0.00000548. The fraction of sp³-hybridized carbons (Fsp3) is 0.293. The second kappa shape index (κ2) is 17.2. The first kappa shape index (κ1) is 46.1. The Morgan fingerprint density at radius 1 is 0.758 bits per heavy atom. The summed E-state index contributed by atoms with van der Waals surface area (Å²) in [6.07, 6.45) is 1.07. The van der Waals surface area contributed by atoms with Crippen LogP contribution in [0.1, 0.15) is 113 Å². The maximum atomic E-state index is 11.9. The molecule has 0 radical (unpaired) electrons. The third-order valence-electron chi connectivity index (χ3n) is 13.6. The van der Waals surface area contributed by atoms with Crippen LogP contribution in [0.3, 0.4) is 0 Å². The van der Waals surface area contributed by atoms with E-state index in [2.05, 4.69) is 178 Å². The van der Waals surface area contributed by atoms with Crippen molar-refractivity contribution in [3.8, 4) is 45.2 Å². The number of aromatic nitrogens is 4. The van der Waals surface area contributed by atoms with Crippen LogP contribution in [0.4, 0.5) is 0 Å². The zero-order valence-electron chi connectivity index (χ0n) is 40.2. The first-order chi connectivity index (χ1) is 31.0. The summed E-state index contributed by atoms with van der Waals surface area (Å²) in [5.41, 5.74) is 19.5. The quantitative estimate of drug-likeness (QED) is 0.122. The molecule has 10 rings (SSSR count). The molecule has 4 heterocycles. The average Bonchev–Trinajstić information content (AvgIpc) is 3.85. The molecule has 0 unspecified atom stereocenters. The molecule has 3 aromatic heterocycles. The van der Waals surface area contributed by atoms with Crippen LogP contribution in [0, 0.1) is 32.8 Å². The molecular weight excluding hydrogens is 1050 g/mol. The van der Waals surface area contributed by atoms with Crippen LogP contribution in [0.15, 0.2) is 97.1 Å². The standard InChI is InChI=1S/C58H58BN4OSe.Pt/c1-31(2)24-37-20-21-44-49(27-37)65-56-50(44)36(9)61-62-52(56)39-28-38(29-40(30-39)58(10,11)12)43-22-23-47-54-53(43)60-57(45-26-34(7)25-35(8)55(45)64)63(54)48-19-14-13-18-46(48)59(47)51-41(32(3)4)16-15-17-42(51)33(5)6;/h13-23,25-27,29-33,64H,24H2,1-12H3;/q-1;.